The molecule has 2 rings (SSSR count). The minimum absolute atomic E-state index is 0.198. The molecule has 0 fully saturated rings. The van der Waals surface area contributed by atoms with Gasteiger partial charge in [-0.25, -0.2) is 0 Å². The van der Waals surface area contributed by atoms with Gasteiger partial charge in [0.25, 0.3) is 0 Å². The second-order valence-electron chi connectivity index (χ2n) is 4.06. The number of aliphatic hydroxyl groups is 1. The van der Waals surface area contributed by atoms with Gasteiger partial charge in [0, 0.05) is 12.4 Å². The monoisotopic (exact) mass is 232 g/mol. The molecule has 0 radical (unpaired) electrons. The zero-order valence-electron chi connectivity index (χ0n) is 9.40. The average Bonchev–Trinajstić information content (AvgIpc) is 2.30. The predicted octanol–water partition coefficient (Wildman–Crippen LogP) is 3.11. The molecular weight excluding hydrogens is 216 g/mol. The fraction of sp³-hybridized carbons (Fsp3) is 0.286. The van der Waals surface area contributed by atoms with Crippen LogP contribution in [-0.4, -0.2) is 11.7 Å². The third-order valence-corrected chi connectivity index (χ3v) is 3.27. The number of aryl methyl sites for hydroxylation is 1. The lowest BCUT2D eigenvalue weighted by molar-refractivity contribution is 0.299. The van der Waals surface area contributed by atoms with Gasteiger partial charge in [0.1, 0.15) is 0 Å². The van der Waals surface area contributed by atoms with Gasteiger partial charge in [0.15, 0.2) is 0 Å². The van der Waals surface area contributed by atoms with Crippen LogP contribution in [0.3, 0.4) is 0 Å². The van der Waals surface area contributed by atoms with Crippen LogP contribution in [0.2, 0.25) is 0 Å². The Kier molecular flexibility index (Phi) is 3.52. The van der Waals surface area contributed by atoms with E-state index in [1.165, 1.54) is 27.5 Å². The van der Waals surface area contributed by atoms with Crippen molar-refractivity contribution in [1.82, 2.24) is 0 Å². The number of hydrogen-bond acceptors (Lipinski definition) is 2. The number of thiol groups is 1. The molecular formula is C14H16OS. The molecule has 2 heteroatoms. The summed E-state index contributed by atoms with van der Waals surface area (Å²) in [7, 11) is 0. The van der Waals surface area contributed by atoms with E-state index >= 15 is 0 Å². The van der Waals surface area contributed by atoms with E-state index in [1.807, 2.05) is 0 Å². The molecule has 0 aliphatic carbocycles. The molecule has 0 aliphatic rings. The summed E-state index contributed by atoms with van der Waals surface area (Å²) < 4.78 is 0. The zero-order valence-corrected chi connectivity index (χ0v) is 10.3. The summed E-state index contributed by atoms with van der Waals surface area (Å²) in [6.45, 7) is 2.32. The molecule has 0 bridgehead atoms. The van der Waals surface area contributed by atoms with E-state index in [-0.39, 0.29) is 6.61 Å². The Balaban J connectivity index is 2.69. The van der Waals surface area contributed by atoms with Gasteiger partial charge in [-0.1, -0.05) is 30.3 Å². The Labute approximate surface area is 102 Å². The highest BCUT2D eigenvalue weighted by atomic mass is 32.1. The maximum absolute atomic E-state index is 9.01. The Morgan fingerprint density at radius 1 is 1.19 bits per heavy atom. The summed E-state index contributed by atoms with van der Waals surface area (Å²) in [6.07, 6.45) is 0.713. The number of fused-ring (bicyclic) bond motifs is 1. The van der Waals surface area contributed by atoms with Gasteiger partial charge in [0.2, 0.25) is 0 Å². The Bertz CT molecular complexity index is 505. The van der Waals surface area contributed by atoms with Gasteiger partial charge in [-0.05, 0) is 40.8 Å². The van der Waals surface area contributed by atoms with Crippen LogP contribution in [0.25, 0.3) is 10.8 Å². The quantitative estimate of drug-likeness (QED) is 0.779. The van der Waals surface area contributed by atoms with Crippen LogP contribution in [0, 0.1) is 6.92 Å². The fourth-order valence-corrected chi connectivity index (χ4v) is 2.35. The molecule has 0 aliphatic heterocycles. The summed E-state index contributed by atoms with van der Waals surface area (Å²) >= 11 is 4.37. The molecule has 0 amide bonds. The zero-order chi connectivity index (χ0) is 11.5. The topological polar surface area (TPSA) is 20.2 Å². The number of benzene rings is 2. The third-order valence-electron chi connectivity index (χ3n) is 2.93. The van der Waals surface area contributed by atoms with E-state index in [4.69, 9.17) is 5.11 Å². The van der Waals surface area contributed by atoms with Crippen molar-refractivity contribution in [1.29, 1.82) is 0 Å². The van der Waals surface area contributed by atoms with E-state index in [9.17, 15) is 0 Å². The second kappa shape index (κ2) is 4.89. The van der Waals surface area contributed by atoms with E-state index in [0.717, 1.165) is 5.75 Å². The third kappa shape index (κ3) is 2.08. The van der Waals surface area contributed by atoms with Crippen molar-refractivity contribution in [3.8, 4) is 0 Å². The lowest BCUT2D eigenvalue weighted by Gasteiger charge is -2.10. The van der Waals surface area contributed by atoms with Crippen LogP contribution in [0.15, 0.2) is 30.3 Å². The summed E-state index contributed by atoms with van der Waals surface area (Å²) in [6, 6.07) is 10.7. The van der Waals surface area contributed by atoms with Crippen molar-refractivity contribution in [3.63, 3.8) is 0 Å². The van der Waals surface area contributed by atoms with E-state index in [0.29, 0.717) is 6.42 Å². The molecule has 0 unspecified atom stereocenters. The van der Waals surface area contributed by atoms with E-state index in [2.05, 4.69) is 49.9 Å². The molecule has 0 heterocycles. The summed E-state index contributed by atoms with van der Waals surface area (Å²) in [4.78, 5) is 0. The van der Waals surface area contributed by atoms with Crippen molar-refractivity contribution in [3.05, 3.63) is 47.0 Å². The number of hydrogen-bond donors (Lipinski definition) is 2. The SMILES string of the molecule is Cc1cccc2c(CS)cc(CCO)cc12. The van der Waals surface area contributed by atoms with Crippen molar-refractivity contribution >= 4 is 23.4 Å². The lowest BCUT2D eigenvalue weighted by atomic mass is 9.97. The van der Waals surface area contributed by atoms with Crippen LogP contribution in [0.5, 0.6) is 0 Å². The van der Waals surface area contributed by atoms with Crippen LogP contribution >= 0.6 is 12.6 Å². The molecule has 0 spiro atoms. The molecule has 16 heavy (non-hydrogen) atoms. The minimum atomic E-state index is 0.198. The van der Waals surface area contributed by atoms with Gasteiger partial charge >= 0.3 is 0 Å². The standard InChI is InChI=1S/C14H16OS/c1-10-3-2-4-13-12(9-16)7-11(5-6-15)8-14(10)13/h2-4,7-8,15-16H,5-6,9H2,1H3. The van der Waals surface area contributed by atoms with Crippen molar-refractivity contribution in [2.75, 3.05) is 6.61 Å². The molecule has 84 valence electrons. The van der Waals surface area contributed by atoms with Crippen molar-refractivity contribution in [2.24, 2.45) is 0 Å². The largest absolute Gasteiger partial charge is 0.396 e. The molecule has 0 aromatic heterocycles. The van der Waals surface area contributed by atoms with E-state index < -0.39 is 0 Å². The molecule has 0 saturated heterocycles. The van der Waals surface area contributed by atoms with Crippen LogP contribution < -0.4 is 0 Å². The fourth-order valence-electron chi connectivity index (χ4n) is 2.09. The van der Waals surface area contributed by atoms with Gasteiger partial charge in [-0.3, -0.25) is 0 Å². The maximum Gasteiger partial charge on any atom is 0.0471 e. The van der Waals surface area contributed by atoms with Gasteiger partial charge < -0.3 is 5.11 Å². The maximum atomic E-state index is 9.01. The van der Waals surface area contributed by atoms with Crippen molar-refractivity contribution in [2.45, 2.75) is 19.1 Å². The molecule has 2 aromatic rings. The predicted molar refractivity (Wildman–Crippen MR) is 72.2 cm³/mol. The number of rotatable bonds is 3. The first-order valence-electron chi connectivity index (χ1n) is 5.49. The molecule has 1 N–H and O–H groups in total. The molecule has 1 nitrogen and oxygen atoms in total. The van der Waals surface area contributed by atoms with E-state index in [1.54, 1.807) is 0 Å². The number of aliphatic hydroxyl groups excluding tert-OH is 1. The Morgan fingerprint density at radius 3 is 2.69 bits per heavy atom. The first-order chi connectivity index (χ1) is 7.76. The van der Waals surface area contributed by atoms with Gasteiger partial charge in [0.05, 0.1) is 0 Å². The van der Waals surface area contributed by atoms with Crippen molar-refractivity contribution < 1.29 is 5.11 Å². The lowest BCUT2D eigenvalue weighted by Crippen LogP contribution is -1.94. The molecule has 2 aromatic carbocycles. The highest BCUT2D eigenvalue weighted by Crippen LogP contribution is 2.25. The normalized spacial score (nSPS) is 10.9. The summed E-state index contributed by atoms with van der Waals surface area (Å²) in [5.74, 6) is 0.735. The second-order valence-corrected chi connectivity index (χ2v) is 4.37. The molecule has 0 saturated carbocycles. The first kappa shape index (κ1) is 11.5. The van der Waals surface area contributed by atoms with Crippen LogP contribution in [0.1, 0.15) is 16.7 Å². The minimum Gasteiger partial charge on any atom is -0.396 e. The van der Waals surface area contributed by atoms with Crippen LogP contribution in [-0.2, 0) is 12.2 Å². The van der Waals surface area contributed by atoms with Crippen LogP contribution in [0.4, 0.5) is 0 Å². The summed E-state index contributed by atoms with van der Waals surface area (Å²) in [5.41, 5.74) is 3.71. The Morgan fingerprint density at radius 2 is 2.00 bits per heavy atom. The Hall–Kier alpha value is -0.990. The average molecular weight is 232 g/mol. The van der Waals surface area contributed by atoms with Gasteiger partial charge in [-0.2, -0.15) is 12.6 Å². The first-order valence-corrected chi connectivity index (χ1v) is 6.12. The highest BCUT2D eigenvalue weighted by molar-refractivity contribution is 7.79. The van der Waals surface area contributed by atoms with Gasteiger partial charge in [-0.15, -0.1) is 0 Å². The highest BCUT2D eigenvalue weighted by Gasteiger charge is 2.04. The molecule has 0 atom stereocenters. The summed E-state index contributed by atoms with van der Waals surface area (Å²) in [5, 5.41) is 11.6. The smallest absolute Gasteiger partial charge is 0.0471 e.